The first-order valence-corrected chi connectivity index (χ1v) is 5.29. The molecule has 0 radical (unpaired) electrons. The Morgan fingerprint density at radius 3 is 2.53 bits per heavy atom. The Bertz CT molecular complexity index is 674. The van der Waals surface area contributed by atoms with Gasteiger partial charge in [-0.05, 0) is 24.3 Å². The fourth-order valence-electron chi connectivity index (χ4n) is 1.94. The summed E-state index contributed by atoms with van der Waals surface area (Å²) in [6.07, 6.45) is 0. The normalized spacial score (nSPS) is 10.8. The van der Waals surface area contributed by atoms with Crippen molar-refractivity contribution in [3.8, 4) is 11.4 Å². The highest BCUT2D eigenvalue weighted by atomic mass is 16.3. The molecule has 4 heteroatoms. The summed E-state index contributed by atoms with van der Waals surface area (Å²) >= 11 is 0. The number of para-hydroxylation sites is 1. The molecule has 17 heavy (non-hydrogen) atoms. The number of hydrogen-bond acceptors (Lipinski definition) is 3. The van der Waals surface area contributed by atoms with Crippen LogP contribution in [0.5, 0.6) is 5.75 Å². The summed E-state index contributed by atoms with van der Waals surface area (Å²) in [5, 5.41) is 14.6. The van der Waals surface area contributed by atoms with Crippen LogP contribution in [0.2, 0.25) is 0 Å². The Hall–Kier alpha value is -2.49. The number of fused-ring (bicyclic) bond motifs is 1. The molecule has 0 amide bonds. The van der Waals surface area contributed by atoms with E-state index in [1.165, 1.54) is 0 Å². The van der Waals surface area contributed by atoms with Crippen LogP contribution in [0.3, 0.4) is 0 Å². The third-order valence-electron chi connectivity index (χ3n) is 2.71. The van der Waals surface area contributed by atoms with Crippen LogP contribution < -0.4 is 5.73 Å². The van der Waals surface area contributed by atoms with Crippen LogP contribution in [0.4, 0.5) is 5.82 Å². The third-order valence-corrected chi connectivity index (χ3v) is 2.71. The number of nitrogen functional groups attached to an aromatic ring is 1. The van der Waals surface area contributed by atoms with E-state index in [2.05, 4.69) is 5.10 Å². The fourth-order valence-corrected chi connectivity index (χ4v) is 1.94. The van der Waals surface area contributed by atoms with Crippen LogP contribution in [0.25, 0.3) is 16.6 Å². The summed E-state index contributed by atoms with van der Waals surface area (Å²) in [5.41, 5.74) is 7.54. The maximum absolute atomic E-state index is 9.78. The molecule has 0 aliphatic carbocycles. The molecule has 0 atom stereocenters. The Morgan fingerprint density at radius 1 is 1.00 bits per heavy atom. The minimum absolute atomic E-state index is 0.155. The van der Waals surface area contributed by atoms with E-state index in [0.29, 0.717) is 11.2 Å². The van der Waals surface area contributed by atoms with Crippen molar-refractivity contribution >= 4 is 16.7 Å². The predicted molar refractivity (Wildman–Crippen MR) is 67.1 cm³/mol. The van der Waals surface area contributed by atoms with Crippen LogP contribution in [0.1, 0.15) is 0 Å². The van der Waals surface area contributed by atoms with Gasteiger partial charge in [-0.25, -0.2) is 4.68 Å². The lowest BCUT2D eigenvalue weighted by Crippen LogP contribution is -1.96. The van der Waals surface area contributed by atoms with Gasteiger partial charge in [0.2, 0.25) is 0 Å². The maximum Gasteiger partial charge on any atom is 0.157 e. The molecule has 1 aromatic heterocycles. The van der Waals surface area contributed by atoms with Crippen LogP contribution in [0, 0.1) is 0 Å². The van der Waals surface area contributed by atoms with Gasteiger partial charge in [0.25, 0.3) is 0 Å². The standard InChI is InChI=1S/C13H11N3O/c14-13-12-10(7-4-8-11(12)17)16(15-13)9-5-2-1-3-6-9/h1-8,17H,(H2,14,15). The maximum atomic E-state index is 9.78. The molecule has 0 saturated heterocycles. The summed E-state index contributed by atoms with van der Waals surface area (Å²) in [6, 6.07) is 14.9. The molecular formula is C13H11N3O. The van der Waals surface area contributed by atoms with E-state index >= 15 is 0 Å². The number of anilines is 1. The Morgan fingerprint density at radius 2 is 1.76 bits per heavy atom. The number of hydrogen-bond donors (Lipinski definition) is 2. The van der Waals surface area contributed by atoms with Crippen molar-refractivity contribution in [2.24, 2.45) is 0 Å². The van der Waals surface area contributed by atoms with Crippen LogP contribution in [-0.2, 0) is 0 Å². The Labute approximate surface area is 97.9 Å². The van der Waals surface area contributed by atoms with E-state index in [9.17, 15) is 5.11 Å². The zero-order valence-electron chi connectivity index (χ0n) is 9.04. The number of aromatic nitrogens is 2. The predicted octanol–water partition coefficient (Wildman–Crippen LogP) is 2.31. The van der Waals surface area contributed by atoms with Gasteiger partial charge >= 0.3 is 0 Å². The molecule has 0 aliphatic heterocycles. The number of aromatic hydroxyl groups is 1. The molecule has 0 bridgehead atoms. The molecule has 4 nitrogen and oxygen atoms in total. The van der Waals surface area contributed by atoms with Crippen LogP contribution in [0.15, 0.2) is 48.5 Å². The van der Waals surface area contributed by atoms with Gasteiger partial charge in [-0.2, -0.15) is 0 Å². The van der Waals surface area contributed by atoms with Crippen molar-refractivity contribution in [1.82, 2.24) is 9.78 Å². The lowest BCUT2D eigenvalue weighted by Gasteiger charge is -2.02. The first-order chi connectivity index (χ1) is 8.27. The molecule has 3 N–H and O–H groups in total. The average Bonchev–Trinajstić information content (AvgIpc) is 2.69. The molecule has 0 fully saturated rings. The SMILES string of the molecule is Nc1nn(-c2ccccc2)c2cccc(O)c12. The minimum Gasteiger partial charge on any atom is -0.507 e. The zero-order valence-corrected chi connectivity index (χ0v) is 9.04. The second-order valence-electron chi connectivity index (χ2n) is 3.80. The van der Waals surface area contributed by atoms with Gasteiger partial charge in [-0.15, -0.1) is 5.10 Å². The van der Waals surface area contributed by atoms with E-state index in [1.54, 1.807) is 16.8 Å². The molecule has 3 rings (SSSR count). The largest absolute Gasteiger partial charge is 0.507 e. The number of benzene rings is 2. The van der Waals surface area contributed by atoms with Crippen molar-refractivity contribution in [3.63, 3.8) is 0 Å². The van der Waals surface area contributed by atoms with Gasteiger partial charge in [-0.1, -0.05) is 24.3 Å². The van der Waals surface area contributed by atoms with E-state index in [-0.39, 0.29) is 5.75 Å². The van der Waals surface area contributed by atoms with E-state index < -0.39 is 0 Å². The van der Waals surface area contributed by atoms with E-state index in [0.717, 1.165) is 11.2 Å². The van der Waals surface area contributed by atoms with Gasteiger partial charge in [0.05, 0.1) is 16.6 Å². The van der Waals surface area contributed by atoms with E-state index in [1.807, 2.05) is 36.4 Å². The summed E-state index contributed by atoms with van der Waals surface area (Å²) in [6.45, 7) is 0. The number of rotatable bonds is 1. The van der Waals surface area contributed by atoms with Gasteiger partial charge in [-0.3, -0.25) is 0 Å². The van der Waals surface area contributed by atoms with Crippen LogP contribution in [-0.4, -0.2) is 14.9 Å². The van der Waals surface area contributed by atoms with Crippen molar-refractivity contribution in [1.29, 1.82) is 0 Å². The van der Waals surface area contributed by atoms with Crippen molar-refractivity contribution in [2.45, 2.75) is 0 Å². The monoisotopic (exact) mass is 225 g/mol. The second-order valence-corrected chi connectivity index (χ2v) is 3.80. The van der Waals surface area contributed by atoms with Gasteiger partial charge in [0.15, 0.2) is 5.82 Å². The highest BCUT2D eigenvalue weighted by molar-refractivity contribution is 5.95. The molecule has 3 aromatic rings. The average molecular weight is 225 g/mol. The number of nitrogens with zero attached hydrogens (tertiary/aromatic N) is 2. The molecule has 84 valence electrons. The van der Waals surface area contributed by atoms with Crippen molar-refractivity contribution < 1.29 is 5.11 Å². The molecule has 0 unspecified atom stereocenters. The first-order valence-electron chi connectivity index (χ1n) is 5.29. The van der Waals surface area contributed by atoms with Gasteiger partial charge < -0.3 is 10.8 Å². The highest BCUT2D eigenvalue weighted by Gasteiger charge is 2.12. The molecule has 0 aliphatic rings. The quantitative estimate of drug-likeness (QED) is 0.668. The summed E-state index contributed by atoms with van der Waals surface area (Å²) in [5.74, 6) is 0.490. The van der Waals surface area contributed by atoms with Crippen molar-refractivity contribution in [3.05, 3.63) is 48.5 Å². The first kappa shape index (κ1) is 9.72. The van der Waals surface area contributed by atoms with Crippen LogP contribution >= 0.6 is 0 Å². The number of phenols is 1. The molecule has 1 heterocycles. The van der Waals surface area contributed by atoms with Gasteiger partial charge in [0.1, 0.15) is 5.75 Å². The smallest absolute Gasteiger partial charge is 0.157 e. The molecule has 0 spiro atoms. The summed E-state index contributed by atoms with van der Waals surface area (Å²) in [7, 11) is 0. The molecular weight excluding hydrogens is 214 g/mol. The highest BCUT2D eigenvalue weighted by Crippen LogP contribution is 2.30. The Kier molecular flexibility index (Phi) is 2.01. The third kappa shape index (κ3) is 1.42. The molecule has 2 aromatic carbocycles. The minimum atomic E-state index is 0.155. The van der Waals surface area contributed by atoms with Crippen molar-refractivity contribution in [2.75, 3.05) is 5.73 Å². The number of phenolic OH excluding ortho intramolecular Hbond substituents is 1. The van der Waals surface area contributed by atoms with Gasteiger partial charge in [0, 0.05) is 0 Å². The lowest BCUT2D eigenvalue weighted by atomic mass is 10.2. The summed E-state index contributed by atoms with van der Waals surface area (Å²) < 4.78 is 1.73. The lowest BCUT2D eigenvalue weighted by molar-refractivity contribution is 0.482. The fraction of sp³-hybridized carbons (Fsp3) is 0. The number of nitrogens with two attached hydrogens (primary N) is 1. The summed E-state index contributed by atoms with van der Waals surface area (Å²) in [4.78, 5) is 0. The topological polar surface area (TPSA) is 64.1 Å². The zero-order chi connectivity index (χ0) is 11.8. The Balaban J connectivity index is 2.36. The molecule has 0 saturated carbocycles. The second kappa shape index (κ2) is 3.52. The van der Waals surface area contributed by atoms with E-state index in [4.69, 9.17) is 5.73 Å².